The lowest BCUT2D eigenvalue weighted by Gasteiger charge is -2.23. The zero-order chi connectivity index (χ0) is 20.8. The van der Waals surface area contributed by atoms with Crippen LogP contribution in [0.25, 0.3) is 0 Å². The molecule has 5 heteroatoms. The number of para-hydroxylation sites is 1. The van der Waals surface area contributed by atoms with Crippen LogP contribution in [0.3, 0.4) is 0 Å². The van der Waals surface area contributed by atoms with Gasteiger partial charge in [0.1, 0.15) is 23.6 Å². The third-order valence-corrected chi connectivity index (χ3v) is 4.82. The fraction of sp³-hybridized carbons (Fsp3) is 0.160. The Kier molecular flexibility index (Phi) is 5.86. The summed E-state index contributed by atoms with van der Waals surface area (Å²) in [6.07, 6.45) is -0.718. The van der Waals surface area contributed by atoms with Crippen molar-refractivity contribution in [1.82, 2.24) is 5.32 Å². The van der Waals surface area contributed by atoms with Gasteiger partial charge in [0.05, 0.1) is 7.11 Å². The molecule has 5 nitrogen and oxygen atoms in total. The first kappa shape index (κ1) is 19.4. The summed E-state index contributed by atoms with van der Waals surface area (Å²) in [5.74, 6) is 7.53. The topological polar surface area (TPSA) is 59.6 Å². The first-order valence-corrected chi connectivity index (χ1v) is 9.72. The van der Waals surface area contributed by atoms with Gasteiger partial charge in [0.25, 0.3) is 5.91 Å². The molecule has 3 atom stereocenters. The van der Waals surface area contributed by atoms with E-state index in [0.717, 1.165) is 17.0 Å². The maximum atomic E-state index is 12.7. The summed E-state index contributed by atoms with van der Waals surface area (Å²) < 4.78 is 11.3. The highest BCUT2D eigenvalue weighted by Crippen LogP contribution is 2.23. The standard InChI is InChI=1S/C25H22N2O3/c1-29-20-15-13-19(14-16-20)26-23-22(17-12-18-8-4-2-5-9-18)27-25(28)24(23)30-21-10-6-3-7-11-21/h2-11,13-16,22-24,26H,1H3,(H,27,28)/t22-,23-,24+/m0/s1. The van der Waals surface area contributed by atoms with Crippen LogP contribution in [-0.2, 0) is 4.79 Å². The van der Waals surface area contributed by atoms with Crippen LogP contribution in [0.4, 0.5) is 5.69 Å². The van der Waals surface area contributed by atoms with E-state index < -0.39 is 12.1 Å². The number of carbonyl (C=O) groups is 1. The third kappa shape index (κ3) is 4.56. The van der Waals surface area contributed by atoms with E-state index in [-0.39, 0.29) is 11.9 Å². The van der Waals surface area contributed by atoms with Crippen LogP contribution in [0.2, 0.25) is 0 Å². The van der Waals surface area contributed by atoms with Gasteiger partial charge in [-0.1, -0.05) is 48.2 Å². The molecular formula is C25H22N2O3. The number of amides is 1. The van der Waals surface area contributed by atoms with Crippen molar-refractivity contribution < 1.29 is 14.3 Å². The smallest absolute Gasteiger partial charge is 0.264 e. The second-order valence-corrected chi connectivity index (χ2v) is 6.87. The molecular weight excluding hydrogens is 376 g/mol. The predicted molar refractivity (Wildman–Crippen MR) is 117 cm³/mol. The molecule has 0 aromatic heterocycles. The highest BCUT2D eigenvalue weighted by Gasteiger charge is 2.43. The van der Waals surface area contributed by atoms with Crippen molar-refractivity contribution in [2.75, 3.05) is 12.4 Å². The summed E-state index contributed by atoms with van der Waals surface area (Å²) in [6, 6.07) is 25.8. The SMILES string of the molecule is COc1ccc(N[C@H]2[C@H](C#Cc3ccccc3)NC(=O)[C@@H]2Oc2ccccc2)cc1. The fourth-order valence-electron chi connectivity index (χ4n) is 3.28. The lowest BCUT2D eigenvalue weighted by molar-refractivity contribution is -0.125. The Morgan fingerprint density at radius 3 is 2.20 bits per heavy atom. The number of hydrogen-bond donors (Lipinski definition) is 2. The average Bonchev–Trinajstić information content (AvgIpc) is 3.08. The Balaban J connectivity index is 1.60. The number of ether oxygens (including phenoxy) is 2. The van der Waals surface area contributed by atoms with Crippen LogP contribution in [0.1, 0.15) is 5.56 Å². The summed E-state index contributed by atoms with van der Waals surface area (Å²) in [6.45, 7) is 0. The molecule has 1 saturated heterocycles. The van der Waals surface area contributed by atoms with Gasteiger partial charge in [-0.2, -0.15) is 0 Å². The zero-order valence-corrected chi connectivity index (χ0v) is 16.5. The second kappa shape index (κ2) is 9.06. The Bertz CT molecular complexity index is 1040. The molecule has 1 fully saturated rings. The Morgan fingerprint density at radius 2 is 1.53 bits per heavy atom. The van der Waals surface area contributed by atoms with Crippen LogP contribution in [0.5, 0.6) is 11.5 Å². The average molecular weight is 398 g/mol. The number of methoxy groups -OCH3 is 1. The van der Waals surface area contributed by atoms with E-state index in [9.17, 15) is 4.79 Å². The van der Waals surface area contributed by atoms with Crippen LogP contribution in [0, 0.1) is 11.8 Å². The summed E-state index contributed by atoms with van der Waals surface area (Å²) in [5, 5.41) is 6.38. The number of carbonyl (C=O) groups excluding carboxylic acids is 1. The minimum absolute atomic E-state index is 0.197. The molecule has 0 bridgehead atoms. The van der Waals surface area contributed by atoms with E-state index in [0.29, 0.717) is 5.75 Å². The van der Waals surface area contributed by atoms with Gasteiger partial charge in [-0.25, -0.2) is 0 Å². The maximum absolute atomic E-state index is 12.7. The van der Waals surface area contributed by atoms with Crippen LogP contribution < -0.4 is 20.1 Å². The third-order valence-electron chi connectivity index (χ3n) is 4.82. The molecule has 1 heterocycles. The minimum atomic E-state index is -0.718. The molecule has 0 spiro atoms. The van der Waals surface area contributed by atoms with Gasteiger partial charge in [0, 0.05) is 11.3 Å². The monoisotopic (exact) mass is 398 g/mol. The molecule has 1 aliphatic rings. The first-order chi connectivity index (χ1) is 14.7. The molecule has 1 amide bonds. The maximum Gasteiger partial charge on any atom is 0.264 e. The molecule has 0 saturated carbocycles. The number of benzene rings is 3. The first-order valence-electron chi connectivity index (χ1n) is 9.72. The van der Waals surface area contributed by atoms with E-state index in [2.05, 4.69) is 22.5 Å². The second-order valence-electron chi connectivity index (χ2n) is 6.87. The Labute approximate surface area is 176 Å². The quantitative estimate of drug-likeness (QED) is 0.646. The van der Waals surface area contributed by atoms with Crippen molar-refractivity contribution in [3.8, 4) is 23.3 Å². The summed E-state index contributed by atoms with van der Waals surface area (Å²) in [4.78, 5) is 12.7. The molecule has 0 radical (unpaired) electrons. The van der Waals surface area contributed by atoms with Crippen molar-refractivity contribution in [1.29, 1.82) is 0 Å². The van der Waals surface area contributed by atoms with Gasteiger partial charge in [0.2, 0.25) is 0 Å². The van der Waals surface area contributed by atoms with E-state index in [1.165, 1.54) is 0 Å². The van der Waals surface area contributed by atoms with Gasteiger partial charge in [-0.15, -0.1) is 0 Å². The van der Waals surface area contributed by atoms with E-state index in [1.807, 2.05) is 84.9 Å². The largest absolute Gasteiger partial charge is 0.497 e. The van der Waals surface area contributed by atoms with Gasteiger partial charge >= 0.3 is 0 Å². The summed E-state index contributed by atoms with van der Waals surface area (Å²) in [7, 11) is 1.63. The van der Waals surface area contributed by atoms with Crippen LogP contribution >= 0.6 is 0 Å². The van der Waals surface area contributed by atoms with Gasteiger partial charge in [-0.05, 0) is 48.5 Å². The molecule has 150 valence electrons. The van der Waals surface area contributed by atoms with E-state index >= 15 is 0 Å². The predicted octanol–water partition coefficient (Wildman–Crippen LogP) is 3.47. The van der Waals surface area contributed by atoms with Crippen LogP contribution in [0.15, 0.2) is 84.9 Å². The molecule has 2 N–H and O–H groups in total. The van der Waals surface area contributed by atoms with Crippen molar-refractivity contribution in [3.05, 3.63) is 90.5 Å². The van der Waals surface area contributed by atoms with E-state index in [4.69, 9.17) is 9.47 Å². The van der Waals surface area contributed by atoms with Crippen molar-refractivity contribution in [2.24, 2.45) is 0 Å². The molecule has 30 heavy (non-hydrogen) atoms. The van der Waals surface area contributed by atoms with E-state index in [1.54, 1.807) is 7.11 Å². The molecule has 0 aliphatic carbocycles. The van der Waals surface area contributed by atoms with Crippen molar-refractivity contribution in [3.63, 3.8) is 0 Å². The van der Waals surface area contributed by atoms with Gasteiger partial charge in [0.15, 0.2) is 6.10 Å². The fourth-order valence-corrected chi connectivity index (χ4v) is 3.28. The summed E-state index contributed by atoms with van der Waals surface area (Å²) >= 11 is 0. The molecule has 3 aromatic rings. The van der Waals surface area contributed by atoms with Crippen LogP contribution in [-0.4, -0.2) is 31.2 Å². The Hall–Kier alpha value is -3.91. The highest BCUT2D eigenvalue weighted by molar-refractivity contribution is 5.87. The number of anilines is 1. The van der Waals surface area contributed by atoms with Crippen molar-refractivity contribution >= 4 is 11.6 Å². The number of hydrogen-bond acceptors (Lipinski definition) is 4. The molecule has 4 rings (SSSR count). The number of nitrogens with one attached hydrogen (secondary N) is 2. The molecule has 3 aromatic carbocycles. The normalized spacial score (nSPS) is 19.9. The molecule has 0 unspecified atom stereocenters. The Morgan fingerprint density at radius 1 is 0.867 bits per heavy atom. The lowest BCUT2D eigenvalue weighted by Crippen LogP contribution is -2.42. The van der Waals surface area contributed by atoms with Crippen molar-refractivity contribution in [2.45, 2.75) is 18.2 Å². The van der Waals surface area contributed by atoms with Gasteiger partial charge in [-0.3, -0.25) is 4.79 Å². The molecule has 1 aliphatic heterocycles. The minimum Gasteiger partial charge on any atom is -0.497 e. The lowest BCUT2D eigenvalue weighted by atomic mass is 10.1. The zero-order valence-electron chi connectivity index (χ0n) is 16.5. The van der Waals surface area contributed by atoms with Gasteiger partial charge < -0.3 is 20.1 Å². The highest BCUT2D eigenvalue weighted by atomic mass is 16.5. The summed E-state index contributed by atoms with van der Waals surface area (Å²) in [5.41, 5.74) is 1.74. The number of rotatable bonds is 5.